The summed E-state index contributed by atoms with van der Waals surface area (Å²) in [5.74, 6) is 0.419. The zero-order valence-electron chi connectivity index (χ0n) is 16.0. The topological polar surface area (TPSA) is 37.4 Å². The third-order valence-electron chi connectivity index (χ3n) is 5.17. The maximum atomic E-state index is 12.5. The maximum absolute atomic E-state index is 12.5. The summed E-state index contributed by atoms with van der Waals surface area (Å²) < 4.78 is 30.1. The first-order chi connectivity index (χ1) is 14.7. The SMILES string of the molecule is FC(F)COc1ccc(C(=C2C=Nc3ccccc32)c2c[nH]c3ccccc23)cc1. The van der Waals surface area contributed by atoms with E-state index in [0.717, 1.165) is 44.4 Å². The lowest BCUT2D eigenvalue weighted by atomic mass is 9.90. The van der Waals surface area contributed by atoms with Crippen LogP contribution in [0.15, 0.2) is 84.0 Å². The van der Waals surface area contributed by atoms with Crippen LogP contribution >= 0.6 is 0 Å². The zero-order valence-corrected chi connectivity index (χ0v) is 16.0. The number of nitrogens with zero attached hydrogens (tertiary/aromatic N) is 1. The van der Waals surface area contributed by atoms with Gasteiger partial charge in [-0.05, 0) is 29.8 Å². The van der Waals surface area contributed by atoms with Crippen LogP contribution in [0.5, 0.6) is 5.75 Å². The molecule has 0 unspecified atom stereocenters. The molecule has 2 heterocycles. The Balaban J connectivity index is 1.67. The summed E-state index contributed by atoms with van der Waals surface area (Å²) in [6, 6.07) is 23.4. The van der Waals surface area contributed by atoms with Crippen LogP contribution in [0.25, 0.3) is 22.0 Å². The molecule has 1 aliphatic heterocycles. The van der Waals surface area contributed by atoms with Gasteiger partial charge in [0.05, 0.1) is 5.69 Å². The predicted octanol–water partition coefficient (Wildman–Crippen LogP) is 6.49. The summed E-state index contributed by atoms with van der Waals surface area (Å²) in [5, 5.41) is 1.11. The number of para-hydroxylation sites is 2. The second kappa shape index (κ2) is 7.59. The molecular formula is C25H18F2N2O. The Morgan fingerprint density at radius 2 is 1.70 bits per heavy atom. The van der Waals surface area contributed by atoms with Gasteiger partial charge in [0.15, 0.2) is 0 Å². The van der Waals surface area contributed by atoms with E-state index in [-0.39, 0.29) is 0 Å². The number of aliphatic imine (C=N–C) groups is 1. The summed E-state index contributed by atoms with van der Waals surface area (Å²) in [7, 11) is 0. The average Bonchev–Trinajstić information content (AvgIpc) is 3.39. The number of hydrogen-bond donors (Lipinski definition) is 1. The minimum atomic E-state index is -2.50. The van der Waals surface area contributed by atoms with Crippen LogP contribution in [0.4, 0.5) is 14.5 Å². The van der Waals surface area contributed by atoms with Crippen molar-refractivity contribution in [1.82, 2.24) is 4.98 Å². The van der Waals surface area contributed by atoms with Gasteiger partial charge in [-0.25, -0.2) is 8.78 Å². The number of hydrogen-bond acceptors (Lipinski definition) is 2. The fourth-order valence-corrected chi connectivity index (χ4v) is 3.83. The number of ether oxygens (including phenoxy) is 1. The number of nitrogens with one attached hydrogen (secondary N) is 1. The molecule has 0 bridgehead atoms. The van der Waals surface area contributed by atoms with Crippen molar-refractivity contribution in [2.24, 2.45) is 4.99 Å². The Kier molecular flexibility index (Phi) is 4.64. The van der Waals surface area contributed by atoms with Crippen molar-refractivity contribution in [2.45, 2.75) is 6.43 Å². The number of allylic oxidation sites excluding steroid dienone is 1. The van der Waals surface area contributed by atoms with Gasteiger partial charge in [0, 0.05) is 45.6 Å². The third-order valence-corrected chi connectivity index (χ3v) is 5.17. The summed E-state index contributed by atoms with van der Waals surface area (Å²) >= 11 is 0. The van der Waals surface area contributed by atoms with Crippen LogP contribution in [0, 0.1) is 0 Å². The first-order valence-electron chi connectivity index (χ1n) is 9.66. The standard InChI is InChI=1S/C25H18F2N2O/c26-24(27)15-30-17-11-9-16(10-12-17)25(20-13-28-22-7-3-1-5-18(20)22)21-14-29-23-8-4-2-6-19(21)23/h1-14,24,28H,15H2. The van der Waals surface area contributed by atoms with Gasteiger partial charge in [0.25, 0.3) is 6.43 Å². The van der Waals surface area contributed by atoms with Crippen molar-refractivity contribution in [3.8, 4) is 5.75 Å². The van der Waals surface area contributed by atoms with E-state index in [1.165, 1.54) is 0 Å². The number of benzene rings is 3. The minimum absolute atomic E-state index is 0.419. The molecule has 1 aromatic heterocycles. The Hall–Kier alpha value is -3.73. The Bertz CT molecular complexity index is 1270. The van der Waals surface area contributed by atoms with Gasteiger partial charge in [-0.1, -0.05) is 48.5 Å². The van der Waals surface area contributed by atoms with E-state index in [4.69, 9.17) is 4.74 Å². The van der Waals surface area contributed by atoms with E-state index in [2.05, 4.69) is 22.1 Å². The fourth-order valence-electron chi connectivity index (χ4n) is 3.83. The van der Waals surface area contributed by atoms with Crippen LogP contribution in [-0.4, -0.2) is 24.2 Å². The van der Waals surface area contributed by atoms with E-state index in [0.29, 0.717) is 5.75 Å². The number of alkyl halides is 2. The zero-order chi connectivity index (χ0) is 20.5. The predicted molar refractivity (Wildman–Crippen MR) is 117 cm³/mol. The summed E-state index contributed by atoms with van der Waals surface area (Å²) in [6.07, 6.45) is 1.39. The molecule has 4 aromatic rings. The molecule has 5 heteroatoms. The van der Waals surface area contributed by atoms with Crippen molar-refractivity contribution in [3.05, 3.63) is 95.7 Å². The number of halogens is 2. The van der Waals surface area contributed by atoms with Gasteiger partial charge in [-0.2, -0.15) is 0 Å². The molecule has 0 atom stereocenters. The van der Waals surface area contributed by atoms with Crippen LogP contribution in [0.3, 0.4) is 0 Å². The second-order valence-corrected chi connectivity index (χ2v) is 7.04. The van der Waals surface area contributed by atoms with Gasteiger partial charge in [0.1, 0.15) is 12.4 Å². The fraction of sp³-hybridized carbons (Fsp3) is 0.0800. The average molecular weight is 400 g/mol. The lowest BCUT2D eigenvalue weighted by molar-refractivity contribution is 0.0819. The largest absolute Gasteiger partial charge is 0.488 e. The first-order valence-corrected chi connectivity index (χ1v) is 9.66. The van der Waals surface area contributed by atoms with Gasteiger partial charge in [0.2, 0.25) is 0 Å². The van der Waals surface area contributed by atoms with Crippen LogP contribution in [0.1, 0.15) is 16.7 Å². The van der Waals surface area contributed by atoms with Gasteiger partial charge >= 0.3 is 0 Å². The van der Waals surface area contributed by atoms with Crippen LogP contribution in [0.2, 0.25) is 0 Å². The summed E-state index contributed by atoms with van der Waals surface area (Å²) in [6.45, 7) is -0.615. The van der Waals surface area contributed by atoms with Gasteiger partial charge in [-0.15, -0.1) is 0 Å². The monoisotopic (exact) mass is 400 g/mol. The molecule has 148 valence electrons. The highest BCUT2D eigenvalue weighted by Crippen LogP contribution is 2.41. The normalized spacial score (nSPS) is 14.4. The molecule has 0 saturated carbocycles. The highest BCUT2D eigenvalue weighted by Gasteiger charge is 2.21. The van der Waals surface area contributed by atoms with E-state index in [1.807, 2.05) is 60.9 Å². The highest BCUT2D eigenvalue weighted by molar-refractivity contribution is 6.27. The van der Waals surface area contributed by atoms with Crippen molar-refractivity contribution < 1.29 is 13.5 Å². The Morgan fingerprint density at radius 1 is 0.933 bits per heavy atom. The third kappa shape index (κ3) is 3.28. The Morgan fingerprint density at radius 3 is 2.53 bits per heavy atom. The smallest absolute Gasteiger partial charge is 0.272 e. The molecule has 0 amide bonds. The molecule has 0 aliphatic carbocycles. The molecule has 5 rings (SSSR count). The maximum Gasteiger partial charge on any atom is 0.272 e. The molecule has 0 spiro atoms. The lowest BCUT2D eigenvalue weighted by Gasteiger charge is -2.13. The van der Waals surface area contributed by atoms with E-state index in [1.54, 1.807) is 12.1 Å². The molecule has 1 aliphatic rings. The first kappa shape index (κ1) is 18.3. The van der Waals surface area contributed by atoms with Crippen LogP contribution < -0.4 is 4.74 Å². The lowest BCUT2D eigenvalue weighted by Crippen LogP contribution is -2.06. The van der Waals surface area contributed by atoms with Gasteiger partial charge < -0.3 is 9.72 Å². The molecule has 0 fully saturated rings. The van der Waals surface area contributed by atoms with Crippen molar-refractivity contribution in [2.75, 3.05) is 6.61 Å². The molecule has 1 N–H and O–H groups in total. The summed E-state index contributed by atoms with van der Waals surface area (Å²) in [5.41, 5.74) is 7.12. The molecular weight excluding hydrogens is 382 g/mol. The quantitative estimate of drug-likeness (QED) is 0.409. The van der Waals surface area contributed by atoms with E-state index < -0.39 is 13.0 Å². The number of H-pyrrole nitrogens is 1. The van der Waals surface area contributed by atoms with E-state index >= 15 is 0 Å². The number of rotatable bonds is 5. The van der Waals surface area contributed by atoms with Gasteiger partial charge in [-0.3, -0.25) is 4.99 Å². The number of aromatic nitrogens is 1. The van der Waals surface area contributed by atoms with Crippen molar-refractivity contribution in [1.29, 1.82) is 0 Å². The van der Waals surface area contributed by atoms with Crippen molar-refractivity contribution in [3.63, 3.8) is 0 Å². The summed E-state index contributed by atoms with van der Waals surface area (Å²) in [4.78, 5) is 7.93. The van der Waals surface area contributed by atoms with Crippen molar-refractivity contribution >= 4 is 34.0 Å². The van der Waals surface area contributed by atoms with E-state index in [9.17, 15) is 8.78 Å². The minimum Gasteiger partial charge on any atom is -0.488 e. The molecule has 3 aromatic carbocycles. The molecule has 0 saturated heterocycles. The van der Waals surface area contributed by atoms with Crippen LogP contribution in [-0.2, 0) is 0 Å². The number of fused-ring (bicyclic) bond motifs is 2. The number of aromatic amines is 1. The Labute approximate surface area is 172 Å². The molecule has 30 heavy (non-hydrogen) atoms. The second-order valence-electron chi connectivity index (χ2n) is 7.04. The molecule has 0 radical (unpaired) electrons. The highest BCUT2D eigenvalue weighted by atomic mass is 19.3. The molecule has 3 nitrogen and oxygen atoms in total.